The van der Waals surface area contributed by atoms with E-state index in [4.69, 9.17) is 0 Å². The number of benzene rings is 1. The molecule has 3 aromatic rings. The Labute approximate surface area is 158 Å². The monoisotopic (exact) mass is 411 g/mol. The average molecular weight is 412 g/mol. The van der Waals surface area contributed by atoms with Crippen molar-refractivity contribution in [2.75, 3.05) is 0 Å². The Kier molecular flexibility index (Phi) is 4.51. The molecule has 0 aliphatic carbocycles. The normalized spacial score (nSPS) is 16.0. The van der Waals surface area contributed by atoms with E-state index in [9.17, 15) is 9.18 Å². The van der Waals surface area contributed by atoms with Crippen LogP contribution < -0.4 is 0 Å². The van der Waals surface area contributed by atoms with Crippen LogP contribution in [0.15, 0.2) is 65.4 Å². The number of hydrogen-bond acceptors (Lipinski definition) is 3. The fourth-order valence-corrected chi connectivity index (χ4v) is 3.75. The number of carbonyl (C=O) groups is 1. The zero-order valence-electron chi connectivity index (χ0n) is 13.8. The molecule has 2 aromatic heterocycles. The van der Waals surface area contributed by atoms with Gasteiger partial charge in [-0.3, -0.25) is 9.78 Å². The maximum atomic E-state index is 13.5. The molecule has 1 aromatic carbocycles. The van der Waals surface area contributed by atoms with Crippen molar-refractivity contribution in [2.45, 2.75) is 19.0 Å². The first-order valence-electron chi connectivity index (χ1n) is 8.23. The van der Waals surface area contributed by atoms with Gasteiger partial charge in [0, 0.05) is 35.4 Å². The van der Waals surface area contributed by atoms with Crippen LogP contribution in [0, 0.1) is 5.95 Å². The van der Waals surface area contributed by atoms with Crippen LogP contribution in [0.3, 0.4) is 0 Å². The van der Waals surface area contributed by atoms with Crippen molar-refractivity contribution >= 4 is 21.8 Å². The van der Waals surface area contributed by atoms with Crippen LogP contribution in [0.1, 0.15) is 33.2 Å². The summed E-state index contributed by atoms with van der Waals surface area (Å²) in [4.78, 5) is 22.8. The number of nitrogens with zero attached hydrogens (tertiary/aromatic N) is 3. The Morgan fingerprint density at radius 2 is 1.92 bits per heavy atom. The van der Waals surface area contributed by atoms with Crippen molar-refractivity contribution in [2.24, 2.45) is 0 Å². The molecule has 130 valence electrons. The molecule has 0 saturated carbocycles. The molecular formula is C20H15BrFN3O. The number of amides is 1. The molecule has 0 spiro atoms. The van der Waals surface area contributed by atoms with E-state index in [-0.39, 0.29) is 11.9 Å². The second-order valence-electron chi connectivity index (χ2n) is 6.16. The van der Waals surface area contributed by atoms with Crippen LogP contribution >= 0.6 is 15.9 Å². The van der Waals surface area contributed by atoms with E-state index in [2.05, 4.69) is 25.9 Å². The van der Waals surface area contributed by atoms with Gasteiger partial charge in [0.2, 0.25) is 5.95 Å². The van der Waals surface area contributed by atoms with E-state index in [0.717, 1.165) is 15.7 Å². The molecule has 0 saturated heterocycles. The lowest BCUT2D eigenvalue weighted by Gasteiger charge is -2.25. The Morgan fingerprint density at radius 3 is 2.73 bits per heavy atom. The van der Waals surface area contributed by atoms with Crippen molar-refractivity contribution in [3.8, 4) is 0 Å². The van der Waals surface area contributed by atoms with Gasteiger partial charge < -0.3 is 4.90 Å². The quantitative estimate of drug-likeness (QED) is 0.600. The largest absolute Gasteiger partial charge is 0.327 e. The highest BCUT2D eigenvalue weighted by molar-refractivity contribution is 9.10. The molecule has 4 rings (SSSR count). The second kappa shape index (κ2) is 6.96. The number of hydrogen-bond donors (Lipinski definition) is 0. The number of pyridine rings is 2. The summed E-state index contributed by atoms with van der Waals surface area (Å²) < 4.78 is 14.4. The summed E-state index contributed by atoms with van der Waals surface area (Å²) in [6.45, 7) is 0.322. The molecule has 1 atom stereocenters. The molecule has 1 amide bonds. The van der Waals surface area contributed by atoms with Crippen molar-refractivity contribution in [1.29, 1.82) is 0 Å². The van der Waals surface area contributed by atoms with Crippen LogP contribution in [0.2, 0.25) is 0 Å². The minimum Gasteiger partial charge on any atom is -0.327 e. The molecule has 1 aliphatic heterocycles. The van der Waals surface area contributed by atoms with E-state index >= 15 is 0 Å². The summed E-state index contributed by atoms with van der Waals surface area (Å²) >= 11 is 3.53. The highest BCUT2D eigenvalue weighted by Crippen LogP contribution is 2.37. The zero-order valence-corrected chi connectivity index (χ0v) is 15.4. The number of halogens is 2. The summed E-state index contributed by atoms with van der Waals surface area (Å²) in [5.74, 6) is -0.592. The molecule has 0 fully saturated rings. The van der Waals surface area contributed by atoms with Gasteiger partial charge in [-0.15, -0.1) is 0 Å². The molecule has 0 bridgehead atoms. The number of rotatable bonds is 4. The molecular weight excluding hydrogens is 397 g/mol. The topological polar surface area (TPSA) is 46.1 Å². The maximum Gasteiger partial charge on any atom is 0.255 e. The number of aromatic nitrogens is 2. The summed E-state index contributed by atoms with van der Waals surface area (Å²) in [6.07, 6.45) is 3.74. The first-order valence-corrected chi connectivity index (χ1v) is 9.02. The Morgan fingerprint density at radius 1 is 1.08 bits per heavy atom. The van der Waals surface area contributed by atoms with Gasteiger partial charge >= 0.3 is 0 Å². The average Bonchev–Trinajstić information content (AvgIpc) is 2.90. The summed E-state index contributed by atoms with van der Waals surface area (Å²) in [5, 5.41) is 0. The zero-order chi connectivity index (χ0) is 18.1. The van der Waals surface area contributed by atoms with Crippen molar-refractivity contribution in [3.05, 3.63) is 93.7 Å². The number of fused-ring (bicyclic) bond motifs is 1. The Balaban J connectivity index is 1.71. The lowest BCUT2D eigenvalue weighted by Crippen LogP contribution is -2.29. The molecule has 1 aliphatic rings. The van der Waals surface area contributed by atoms with E-state index in [1.165, 1.54) is 12.3 Å². The predicted octanol–water partition coefficient (Wildman–Crippen LogP) is 4.32. The van der Waals surface area contributed by atoms with E-state index in [1.807, 2.05) is 36.4 Å². The molecule has 3 heterocycles. The lowest BCUT2D eigenvalue weighted by molar-refractivity contribution is 0.0708. The fourth-order valence-electron chi connectivity index (χ4n) is 3.34. The predicted molar refractivity (Wildman–Crippen MR) is 98.9 cm³/mol. The summed E-state index contributed by atoms with van der Waals surface area (Å²) in [5.41, 5.74) is 3.26. The van der Waals surface area contributed by atoms with Crippen LogP contribution in [-0.2, 0) is 13.0 Å². The number of carbonyl (C=O) groups excluding carboxylic acids is 1. The van der Waals surface area contributed by atoms with Crippen molar-refractivity contribution in [1.82, 2.24) is 14.9 Å². The van der Waals surface area contributed by atoms with Gasteiger partial charge in [0.15, 0.2) is 0 Å². The standard InChI is InChI=1S/C20H15BrFN3O/c21-16-6-3-8-23-17(16)11-18-14-4-1-2-5-15(14)20(26)25(18)12-13-7-9-24-19(22)10-13/h1-10,18H,11-12H2. The van der Waals surface area contributed by atoms with Gasteiger partial charge in [0.25, 0.3) is 5.91 Å². The third-order valence-corrected chi connectivity index (χ3v) is 5.27. The van der Waals surface area contributed by atoms with Gasteiger partial charge in [-0.05, 0) is 57.4 Å². The van der Waals surface area contributed by atoms with Crippen LogP contribution in [0.25, 0.3) is 0 Å². The second-order valence-corrected chi connectivity index (χ2v) is 7.01. The van der Waals surface area contributed by atoms with Crippen LogP contribution in [0.5, 0.6) is 0 Å². The van der Waals surface area contributed by atoms with E-state index < -0.39 is 5.95 Å². The first kappa shape index (κ1) is 16.8. The highest BCUT2D eigenvalue weighted by atomic mass is 79.9. The van der Waals surface area contributed by atoms with Crippen molar-refractivity contribution < 1.29 is 9.18 Å². The summed E-state index contributed by atoms with van der Waals surface area (Å²) in [6, 6.07) is 14.3. The van der Waals surface area contributed by atoms with Crippen LogP contribution in [-0.4, -0.2) is 20.8 Å². The van der Waals surface area contributed by atoms with Gasteiger partial charge in [0.05, 0.1) is 11.7 Å². The van der Waals surface area contributed by atoms with Gasteiger partial charge in [0.1, 0.15) is 0 Å². The minimum absolute atomic E-state index is 0.0464. The third kappa shape index (κ3) is 3.12. The van der Waals surface area contributed by atoms with E-state index in [1.54, 1.807) is 17.2 Å². The maximum absolute atomic E-state index is 13.5. The molecule has 6 heteroatoms. The molecule has 0 radical (unpaired) electrons. The minimum atomic E-state index is -0.546. The van der Waals surface area contributed by atoms with Gasteiger partial charge in [-0.1, -0.05) is 18.2 Å². The fraction of sp³-hybridized carbons (Fsp3) is 0.150. The van der Waals surface area contributed by atoms with E-state index in [0.29, 0.717) is 24.1 Å². The highest BCUT2D eigenvalue weighted by Gasteiger charge is 2.36. The van der Waals surface area contributed by atoms with Crippen LogP contribution in [0.4, 0.5) is 4.39 Å². The smallest absolute Gasteiger partial charge is 0.255 e. The molecule has 26 heavy (non-hydrogen) atoms. The first-order chi connectivity index (χ1) is 12.6. The lowest BCUT2D eigenvalue weighted by atomic mass is 10.0. The molecule has 4 nitrogen and oxygen atoms in total. The third-order valence-electron chi connectivity index (χ3n) is 4.55. The molecule has 0 N–H and O–H groups in total. The van der Waals surface area contributed by atoms with Gasteiger partial charge in [-0.2, -0.15) is 4.39 Å². The Hall–Kier alpha value is -2.60. The van der Waals surface area contributed by atoms with Gasteiger partial charge in [-0.25, -0.2) is 4.98 Å². The Bertz CT molecular complexity index is 979. The molecule has 1 unspecified atom stereocenters. The SMILES string of the molecule is O=C1c2ccccc2C(Cc2ncccc2Br)N1Cc1ccnc(F)c1. The van der Waals surface area contributed by atoms with Crippen molar-refractivity contribution in [3.63, 3.8) is 0 Å². The summed E-state index contributed by atoms with van der Waals surface area (Å²) in [7, 11) is 0.